The Balaban J connectivity index is 2.49. The van der Waals surface area contributed by atoms with E-state index in [1.807, 2.05) is 7.05 Å². The van der Waals surface area contributed by atoms with Gasteiger partial charge < -0.3 is 10.6 Å². The first kappa shape index (κ1) is 7.62. The summed E-state index contributed by atoms with van der Waals surface area (Å²) in [5, 5.41) is 6.54. The number of aryl methyl sites for hydroxylation is 1. The molecule has 0 aliphatic carbocycles. The highest BCUT2D eigenvalue weighted by Crippen LogP contribution is 2.23. The van der Waals surface area contributed by atoms with Gasteiger partial charge in [0.05, 0.1) is 0 Å². The van der Waals surface area contributed by atoms with Crippen LogP contribution in [0.1, 0.15) is 16.7 Å². The second kappa shape index (κ2) is 2.79. The quantitative estimate of drug-likeness (QED) is 0.656. The highest BCUT2D eigenvalue weighted by Gasteiger charge is 2.11. The number of hydrogen-bond donors (Lipinski definition) is 2. The van der Waals surface area contributed by atoms with Gasteiger partial charge in [-0.3, -0.25) is 0 Å². The molecule has 0 fully saturated rings. The first-order valence-electron chi connectivity index (χ1n) is 4.32. The van der Waals surface area contributed by atoms with Crippen molar-refractivity contribution in [3.8, 4) is 0 Å². The van der Waals surface area contributed by atoms with E-state index >= 15 is 0 Å². The van der Waals surface area contributed by atoms with E-state index in [2.05, 4.69) is 29.7 Å². The molecule has 2 N–H and O–H groups in total. The van der Waals surface area contributed by atoms with Crippen LogP contribution < -0.4 is 10.6 Å². The van der Waals surface area contributed by atoms with Crippen LogP contribution in [-0.2, 0) is 13.1 Å². The van der Waals surface area contributed by atoms with Crippen LogP contribution in [0.4, 0.5) is 5.69 Å². The number of rotatable bonds is 1. The summed E-state index contributed by atoms with van der Waals surface area (Å²) >= 11 is 0. The normalized spacial score (nSPS) is 14.5. The highest BCUT2D eigenvalue weighted by molar-refractivity contribution is 5.55. The number of benzene rings is 1. The van der Waals surface area contributed by atoms with Crippen LogP contribution in [-0.4, -0.2) is 7.05 Å². The molecule has 1 aliphatic heterocycles. The Hall–Kier alpha value is -1.02. The Morgan fingerprint density at radius 3 is 2.58 bits per heavy atom. The molecule has 0 amide bonds. The largest absolute Gasteiger partial charge is 0.388 e. The second-order valence-corrected chi connectivity index (χ2v) is 3.29. The molecule has 0 saturated heterocycles. The Bertz CT molecular complexity index is 304. The van der Waals surface area contributed by atoms with Crippen LogP contribution >= 0.6 is 0 Å². The molecular weight excluding hydrogens is 148 g/mol. The van der Waals surface area contributed by atoms with E-state index in [0.29, 0.717) is 0 Å². The molecule has 1 aromatic carbocycles. The minimum absolute atomic E-state index is 1.02. The van der Waals surface area contributed by atoms with Crippen molar-refractivity contribution in [3.63, 3.8) is 0 Å². The lowest BCUT2D eigenvalue weighted by Crippen LogP contribution is -1.99. The molecule has 12 heavy (non-hydrogen) atoms. The standard InChI is InChI=1S/C10H14N2/c1-7-3-8-5-12-6-9(8)4-10(7)11-2/h3-4,11-12H,5-6H2,1-2H3. The molecule has 1 heterocycles. The smallest absolute Gasteiger partial charge is 0.0370 e. The zero-order valence-corrected chi connectivity index (χ0v) is 7.57. The summed E-state index contributed by atoms with van der Waals surface area (Å²) in [6, 6.07) is 4.51. The summed E-state index contributed by atoms with van der Waals surface area (Å²) in [4.78, 5) is 0. The van der Waals surface area contributed by atoms with E-state index in [1.54, 1.807) is 0 Å². The predicted molar refractivity (Wildman–Crippen MR) is 51.3 cm³/mol. The van der Waals surface area contributed by atoms with E-state index in [-0.39, 0.29) is 0 Å². The van der Waals surface area contributed by atoms with Crippen LogP contribution in [0.5, 0.6) is 0 Å². The number of anilines is 1. The van der Waals surface area contributed by atoms with Gasteiger partial charge in [-0.25, -0.2) is 0 Å². The summed E-state index contributed by atoms with van der Waals surface area (Å²) in [7, 11) is 1.97. The molecule has 0 aromatic heterocycles. The van der Waals surface area contributed by atoms with Crippen LogP contribution in [0.15, 0.2) is 12.1 Å². The molecule has 64 valence electrons. The van der Waals surface area contributed by atoms with Gasteiger partial charge in [-0.1, -0.05) is 6.07 Å². The zero-order valence-electron chi connectivity index (χ0n) is 7.57. The number of hydrogen-bond acceptors (Lipinski definition) is 2. The fourth-order valence-electron chi connectivity index (χ4n) is 1.74. The van der Waals surface area contributed by atoms with E-state index in [4.69, 9.17) is 0 Å². The van der Waals surface area contributed by atoms with Crippen molar-refractivity contribution >= 4 is 5.69 Å². The zero-order chi connectivity index (χ0) is 8.55. The maximum absolute atomic E-state index is 3.34. The third kappa shape index (κ3) is 1.08. The maximum atomic E-state index is 3.34. The predicted octanol–water partition coefficient (Wildman–Crippen LogP) is 1.64. The van der Waals surface area contributed by atoms with Crippen molar-refractivity contribution in [1.82, 2.24) is 5.32 Å². The fourth-order valence-corrected chi connectivity index (χ4v) is 1.74. The summed E-state index contributed by atoms with van der Waals surface area (Å²) in [5.74, 6) is 0. The van der Waals surface area contributed by atoms with Crippen molar-refractivity contribution < 1.29 is 0 Å². The topological polar surface area (TPSA) is 24.1 Å². The average Bonchev–Trinajstić information content (AvgIpc) is 2.49. The Kier molecular flexibility index (Phi) is 1.77. The third-order valence-corrected chi connectivity index (χ3v) is 2.45. The van der Waals surface area contributed by atoms with Crippen LogP contribution in [0.3, 0.4) is 0 Å². The summed E-state index contributed by atoms with van der Waals surface area (Å²) in [6.45, 7) is 4.19. The van der Waals surface area contributed by atoms with Crippen LogP contribution in [0.2, 0.25) is 0 Å². The molecule has 1 aromatic rings. The van der Waals surface area contributed by atoms with Crippen molar-refractivity contribution in [2.45, 2.75) is 20.0 Å². The lowest BCUT2D eigenvalue weighted by molar-refractivity contribution is 0.765. The van der Waals surface area contributed by atoms with E-state index in [0.717, 1.165) is 13.1 Å². The van der Waals surface area contributed by atoms with Gasteiger partial charge >= 0.3 is 0 Å². The van der Waals surface area contributed by atoms with Crippen molar-refractivity contribution in [1.29, 1.82) is 0 Å². The first-order valence-corrected chi connectivity index (χ1v) is 4.32. The number of fused-ring (bicyclic) bond motifs is 1. The summed E-state index contributed by atoms with van der Waals surface area (Å²) in [5.41, 5.74) is 5.47. The average molecular weight is 162 g/mol. The van der Waals surface area contributed by atoms with E-state index in [1.165, 1.54) is 22.4 Å². The van der Waals surface area contributed by atoms with Crippen LogP contribution in [0, 0.1) is 6.92 Å². The van der Waals surface area contributed by atoms with Gasteiger partial charge in [0.1, 0.15) is 0 Å². The molecule has 2 nitrogen and oxygen atoms in total. The maximum Gasteiger partial charge on any atom is 0.0370 e. The molecule has 0 saturated carbocycles. The molecule has 0 radical (unpaired) electrons. The van der Waals surface area contributed by atoms with Crippen molar-refractivity contribution in [2.75, 3.05) is 12.4 Å². The fraction of sp³-hybridized carbons (Fsp3) is 0.400. The van der Waals surface area contributed by atoms with Gasteiger partial charge in [0, 0.05) is 25.8 Å². The SMILES string of the molecule is CNc1cc2c(cc1C)CNC2. The Morgan fingerprint density at radius 2 is 1.92 bits per heavy atom. The molecule has 0 atom stereocenters. The molecular formula is C10H14N2. The van der Waals surface area contributed by atoms with E-state index < -0.39 is 0 Å². The van der Waals surface area contributed by atoms with Gasteiger partial charge in [-0.15, -0.1) is 0 Å². The summed E-state index contributed by atoms with van der Waals surface area (Å²) in [6.07, 6.45) is 0. The van der Waals surface area contributed by atoms with E-state index in [9.17, 15) is 0 Å². The van der Waals surface area contributed by atoms with Gasteiger partial charge in [-0.2, -0.15) is 0 Å². The second-order valence-electron chi connectivity index (χ2n) is 3.29. The molecule has 1 aliphatic rings. The highest BCUT2D eigenvalue weighted by atomic mass is 14.9. The minimum Gasteiger partial charge on any atom is -0.388 e. The van der Waals surface area contributed by atoms with Gasteiger partial charge in [0.15, 0.2) is 0 Å². The molecule has 2 heteroatoms. The lowest BCUT2D eigenvalue weighted by atomic mass is 10.1. The monoisotopic (exact) mass is 162 g/mol. The Labute approximate surface area is 73.0 Å². The molecule has 0 bridgehead atoms. The third-order valence-electron chi connectivity index (χ3n) is 2.45. The van der Waals surface area contributed by atoms with Gasteiger partial charge in [0.25, 0.3) is 0 Å². The Morgan fingerprint density at radius 1 is 1.25 bits per heavy atom. The van der Waals surface area contributed by atoms with Crippen molar-refractivity contribution in [3.05, 3.63) is 28.8 Å². The minimum atomic E-state index is 1.02. The van der Waals surface area contributed by atoms with Gasteiger partial charge in [0.2, 0.25) is 0 Å². The first-order chi connectivity index (χ1) is 5.81. The van der Waals surface area contributed by atoms with Crippen LogP contribution in [0.25, 0.3) is 0 Å². The van der Waals surface area contributed by atoms with Crippen molar-refractivity contribution in [2.24, 2.45) is 0 Å². The van der Waals surface area contributed by atoms with Gasteiger partial charge in [-0.05, 0) is 29.7 Å². The molecule has 0 spiro atoms. The lowest BCUT2D eigenvalue weighted by Gasteiger charge is -2.07. The molecule has 2 rings (SSSR count). The number of nitrogens with one attached hydrogen (secondary N) is 2. The molecule has 0 unspecified atom stereocenters. The summed E-state index contributed by atoms with van der Waals surface area (Å²) < 4.78 is 0.